The van der Waals surface area contributed by atoms with Crippen molar-refractivity contribution in [3.63, 3.8) is 0 Å². The van der Waals surface area contributed by atoms with Gasteiger partial charge in [0.25, 0.3) is 5.69 Å². The summed E-state index contributed by atoms with van der Waals surface area (Å²) in [7, 11) is 0. The Morgan fingerprint density at radius 3 is 2.48 bits per heavy atom. The lowest BCUT2D eigenvalue weighted by Crippen LogP contribution is -2.40. The van der Waals surface area contributed by atoms with E-state index in [9.17, 15) is 10.1 Å². The molecule has 0 saturated carbocycles. The summed E-state index contributed by atoms with van der Waals surface area (Å²) < 4.78 is 11.6. The number of hydrogen-bond donors (Lipinski definition) is 0. The monoisotopic (exact) mass is 348 g/mol. The van der Waals surface area contributed by atoms with Crippen LogP contribution in [0.5, 0.6) is 0 Å². The fourth-order valence-electron chi connectivity index (χ4n) is 3.87. The molecule has 2 heterocycles. The predicted octanol–water partition coefficient (Wildman–Crippen LogP) is 3.62. The predicted molar refractivity (Wildman–Crippen MR) is 95.8 cm³/mol. The van der Waals surface area contributed by atoms with Crippen molar-refractivity contribution in [1.29, 1.82) is 0 Å². The van der Waals surface area contributed by atoms with E-state index < -0.39 is 0 Å². The molecule has 1 unspecified atom stereocenters. The molecule has 1 atom stereocenters. The molecule has 3 rings (SSSR count). The van der Waals surface area contributed by atoms with Gasteiger partial charge in [0, 0.05) is 44.5 Å². The van der Waals surface area contributed by atoms with Gasteiger partial charge in [-0.15, -0.1) is 0 Å². The first kappa shape index (κ1) is 18.3. The van der Waals surface area contributed by atoms with Gasteiger partial charge in [0.1, 0.15) is 0 Å². The van der Waals surface area contributed by atoms with E-state index in [0.29, 0.717) is 12.2 Å². The summed E-state index contributed by atoms with van der Waals surface area (Å²) in [5.41, 5.74) is 2.34. The van der Waals surface area contributed by atoms with Crippen molar-refractivity contribution in [1.82, 2.24) is 4.90 Å². The molecule has 0 N–H and O–H groups in total. The number of non-ortho nitro benzene ring substituents is 1. The Hall–Kier alpha value is -1.50. The first-order valence-electron chi connectivity index (χ1n) is 9.27. The Kier molecular flexibility index (Phi) is 6.04. The summed E-state index contributed by atoms with van der Waals surface area (Å²) >= 11 is 0. The molecule has 2 saturated heterocycles. The van der Waals surface area contributed by atoms with E-state index in [1.54, 1.807) is 12.1 Å². The number of benzene rings is 1. The summed E-state index contributed by atoms with van der Waals surface area (Å²) in [5, 5.41) is 11.1. The van der Waals surface area contributed by atoms with Crippen molar-refractivity contribution >= 4 is 5.69 Å². The van der Waals surface area contributed by atoms with Crippen molar-refractivity contribution < 1.29 is 14.4 Å². The lowest BCUT2D eigenvalue weighted by atomic mass is 9.97. The number of nitrogens with zero attached hydrogens (tertiary/aromatic N) is 2. The molecule has 0 aliphatic carbocycles. The fraction of sp³-hybridized carbons (Fsp3) is 0.684. The molecule has 1 aromatic carbocycles. The second-order valence-electron chi connectivity index (χ2n) is 7.16. The second kappa shape index (κ2) is 8.25. The molecule has 2 fully saturated rings. The number of nitro groups is 1. The largest absolute Gasteiger partial charge is 0.381 e. The average Bonchev–Trinajstić information content (AvgIpc) is 2.63. The summed E-state index contributed by atoms with van der Waals surface area (Å²) in [6.07, 6.45) is 4.73. The SMILES string of the molecule is Cc1ccc([N+](=O)[O-])cc1C(C)N1CCC(OC2CCOCC2)CC1. The molecular weight excluding hydrogens is 320 g/mol. The zero-order valence-corrected chi connectivity index (χ0v) is 15.1. The molecule has 6 nitrogen and oxygen atoms in total. The quantitative estimate of drug-likeness (QED) is 0.600. The maximum Gasteiger partial charge on any atom is 0.269 e. The molecule has 1 aromatic rings. The molecule has 138 valence electrons. The average molecular weight is 348 g/mol. The molecule has 0 spiro atoms. The van der Waals surface area contributed by atoms with Crippen LogP contribution in [0.4, 0.5) is 5.69 Å². The third-order valence-electron chi connectivity index (χ3n) is 5.50. The molecule has 0 radical (unpaired) electrons. The van der Waals surface area contributed by atoms with Crippen LogP contribution in [-0.2, 0) is 9.47 Å². The van der Waals surface area contributed by atoms with Crippen LogP contribution in [-0.4, -0.2) is 48.3 Å². The van der Waals surface area contributed by atoms with Gasteiger partial charge >= 0.3 is 0 Å². The zero-order valence-electron chi connectivity index (χ0n) is 15.1. The van der Waals surface area contributed by atoms with E-state index in [-0.39, 0.29) is 16.7 Å². The van der Waals surface area contributed by atoms with Gasteiger partial charge in [-0.2, -0.15) is 0 Å². The summed E-state index contributed by atoms with van der Waals surface area (Å²) in [5.74, 6) is 0. The number of piperidine rings is 1. The Morgan fingerprint density at radius 1 is 1.20 bits per heavy atom. The van der Waals surface area contributed by atoms with Crippen LogP contribution in [0.1, 0.15) is 49.8 Å². The highest BCUT2D eigenvalue weighted by Crippen LogP contribution is 2.30. The van der Waals surface area contributed by atoms with Crippen LogP contribution >= 0.6 is 0 Å². The second-order valence-corrected chi connectivity index (χ2v) is 7.16. The van der Waals surface area contributed by atoms with E-state index in [1.165, 1.54) is 0 Å². The molecule has 25 heavy (non-hydrogen) atoms. The maximum atomic E-state index is 11.1. The fourth-order valence-corrected chi connectivity index (χ4v) is 3.87. The van der Waals surface area contributed by atoms with Crippen molar-refractivity contribution in [2.24, 2.45) is 0 Å². The molecule has 2 aliphatic rings. The van der Waals surface area contributed by atoms with Crippen LogP contribution in [0.15, 0.2) is 18.2 Å². The first-order valence-corrected chi connectivity index (χ1v) is 9.27. The molecular formula is C19H28N2O4. The molecule has 0 amide bonds. The smallest absolute Gasteiger partial charge is 0.269 e. The maximum absolute atomic E-state index is 11.1. The van der Waals surface area contributed by atoms with Gasteiger partial charge in [0.2, 0.25) is 0 Å². The van der Waals surface area contributed by atoms with E-state index >= 15 is 0 Å². The van der Waals surface area contributed by atoms with Gasteiger partial charge in [-0.3, -0.25) is 15.0 Å². The van der Waals surface area contributed by atoms with Crippen LogP contribution in [0.25, 0.3) is 0 Å². The molecule has 0 aromatic heterocycles. The van der Waals surface area contributed by atoms with Crippen LogP contribution in [0.3, 0.4) is 0 Å². The summed E-state index contributed by atoms with van der Waals surface area (Å²) in [4.78, 5) is 13.2. The third-order valence-corrected chi connectivity index (χ3v) is 5.50. The van der Waals surface area contributed by atoms with Gasteiger partial charge < -0.3 is 9.47 Å². The Bertz CT molecular complexity index is 593. The lowest BCUT2D eigenvalue weighted by molar-refractivity contribution is -0.385. The minimum absolute atomic E-state index is 0.171. The minimum atomic E-state index is -0.316. The molecule has 6 heteroatoms. The number of nitro benzene ring substituents is 1. The van der Waals surface area contributed by atoms with E-state index in [2.05, 4.69) is 11.8 Å². The van der Waals surface area contributed by atoms with Gasteiger partial charge in [-0.1, -0.05) is 6.07 Å². The highest BCUT2D eigenvalue weighted by Gasteiger charge is 2.27. The van der Waals surface area contributed by atoms with E-state index in [0.717, 1.165) is 63.1 Å². The zero-order chi connectivity index (χ0) is 17.8. The standard InChI is InChI=1S/C19H28N2O4/c1-14-3-4-16(21(22)23)13-19(14)15(2)20-9-5-17(6-10-20)25-18-7-11-24-12-8-18/h3-4,13,15,17-18H,5-12H2,1-2H3. The van der Waals surface area contributed by atoms with Gasteiger partial charge in [0.05, 0.1) is 17.1 Å². The third kappa shape index (κ3) is 4.57. The van der Waals surface area contributed by atoms with Crippen molar-refractivity contribution in [3.05, 3.63) is 39.4 Å². The highest BCUT2D eigenvalue weighted by atomic mass is 16.6. The topological polar surface area (TPSA) is 64.8 Å². The summed E-state index contributed by atoms with van der Waals surface area (Å²) in [6.45, 7) is 7.73. The highest BCUT2D eigenvalue weighted by molar-refractivity contribution is 5.40. The van der Waals surface area contributed by atoms with Crippen molar-refractivity contribution in [3.8, 4) is 0 Å². The number of aryl methyl sites for hydroxylation is 1. The Balaban J connectivity index is 1.57. The van der Waals surface area contributed by atoms with Crippen LogP contribution < -0.4 is 0 Å². The van der Waals surface area contributed by atoms with E-state index in [4.69, 9.17) is 9.47 Å². The number of rotatable bonds is 5. The normalized spacial score (nSPS) is 22.0. The molecule has 0 bridgehead atoms. The lowest BCUT2D eigenvalue weighted by Gasteiger charge is -2.38. The van der Waals surface area contributed by atoms with Crippen molar-refractivity contribution in [2.75, 3.05) is 26.3 Å². The molecule has 2 aliphatic heterocycles. The Labute approximate surface area is 149 Å². The minimum Gasteiger partial charge on any atom is -0.381 e. The van der Waals surface area contributed by atoms with Gasteiger partial charge in [-0.05, 0) is 50.7 Å². The summed E-state index contributed by atoms with van der Waals surface area (Å²) in [6, 6.07) is 5.35. The van der Waals surface area contributed by atoms with E-state index in [1.807, 2.05) is 13.0 Å². The number of ether oxygens (including phenoxy) is 2. The van der Waals surface area contributed by atoms with Crippen LogP contribution in [0.2, 0.25) is 0 Å². The Morgan fingerprint density at radius 2 is 1.84 bits per heavy atom. The number of hydrogen-bond acceptors (Lipinski definition) is 5. The van der Waals surface area contributed by atoms with Crippen LogP contribution in [0, 0.1) is 17.0 Å². The number of likely N-dealkylation sites (tertiary alicyclic amines) is 1. The van der Waals surface area contributed by atoms with Crippen molar-refractivity contribution in [2.45, 2.75) is 57.8 Å². The van der Waals surface area contributed by atoms with Gasteiger partial charge in [-0.25, -0.2) is 0 Å². The van der Waals surface area contributed by atoms with Gasteiger partial charge in [0.15, 0.2) is 0 Å². The first-order chi connectivity index (χ1) is 12.0.